The van der Waals surface area contributed by atoms with Gasteiger partial charge < -0.3 is 5.32 Å². The second-order valence-electron chi connectivity index (χ2n) is 8.21. The fraction of sp³-hybridized carbons (Fsp3) is 0.444. The van der Waals surface area contributed by atoms with Crippen molar-refractivity contribution >= 4 is 5.71 Å². The van der Waals surface area contributed by atoms with Crippen molar-refractivity contribution in [1.82, 2.24) is 10.6 Å². The highest BCUT2D eigenvalue weighted by molar-refractivity contribution is 6.10. The van der Waals surface area contributed by atoms with Crippen LogP contribution in [0.5, 0.6) is 0 Å². The lowest BCUT2D eigenvalue weighted by atomic mass is 9.92. The third-order valence-electron chi connectivity index (χ3n) is 5.70. The first-order chi connectivity index (χ1) is 15.5. The van der Waals surface area contributed by atoms with Gasteiger partial charge in [0.2, 0.25) is 0 Å². The normalized spacial score (nSPS) is 18.3. The largest absolute Gasteiger partial charge is 0.368 e. The molecule has 32 heavy (non-hydrogen) atoms. The van der Waals surface area contributed by atoms with Crippen molar-refractivity contribution < 1.29 is 8.78 Å². The highest BCUT2D eigenvalue weighted by Crippen LogP contribution is 2.25. The summed E-state index contributed by atoms with van der Waals surface area (Å²) in [7, 11) is 0. The number of benzene rings is 1. The Balaban J connectivity index is 2.38. The first-order valence-corrected chi connectivity index (χ1v) is 11.7. The summed E-state index contributed by atoms with van der Waals surface area (Å²) in [6.07, 6.45) is 18.3. The molecule has 0 saturated heterocycles. The average Bonchev–Trinajstić information content (AvgIpc) is 2.78. The molecule has 0 radical (unpaired) electrons. The molecule has 5 heteroatoms. The van der Waals surface area contributed by atoms with Gasteiger partial charge in [0.15, 0.2) is 11.6 Å². The molecule has 0 aliphatic heterocycles. The van der Waals surface area contributed by atoms with Crippen LogP contribution in [0.3, 0.4) is 0 Å². The molecule has 1 saturated carbocycles. The van der Waals surface area contributed by atoms with E-state index in [-0.39, 0.29) is 12.1 Å². The number of allylic oxidation sites excluding steroid dienone is 5. The maximum atomic E-state index is 13.9. The van der Waals surface area contributed by atoms with Crippen molar-refractivity contribution in [1.29, 1.82) is 0 Å². The predicted molar refractivity (Wildman–Crippen MR) is 132 cm³/mol. The molecular weight excluding hydrogens is 404 g/mol. The molecule has 3 nitrogen and oxygen atoms in total. The molecule has 0 spiro atoms. The smallest absolute Gasteiger partial charge is 0.159 e. The number of nitrogens with zero attached hydrogens (tertiary/aromatic N) is 1. The topological polar surface area (TPSA) is 36.4 Å². The van der Waals surface area contributed by atoms with E-state index in [0.717, 1.165) is 23.3 Å². The minimum Gasteiger partial charge on any atom is -0.368 e. The van der Waals surface area contributed by atoms with Gasteiger partial charge in [0, 0.05) is 18.2 Å². The van der Waals surface area contributed by atoms with Crippen LogP contribution >= 0.6 is 0 Å². The van der Waals surface area contributed by atoms with Crippen LogP contribution in [0.15, 0.2) is 72.0 Å². The lowest BCUT2D eigenvalue weighted by Gasteiger charge is -2.25. The van der Waals surface area contributed by atoms with Gasteiger partial charge in [-0.05, 0) is 74.7 Å². The van der Waals surface area contributed by atoms with Crippen LogP contribution in [0.2, 0.25) is 0 Å². The van der Waals surface area contributed by atoms with Crippen LogP contribution in [-0.4, -0.2) is 17.9 Å². The number of nitrogens with one attached hydrogen (secondary N) is 2. The minimum atomic E-state index is -0.832. The van der Waals surface area contributed by atoms with Gasteiger partial charge in [0.1, 0.15) is 0 Å². The van der Waals surface area contributed by atoms with E-state index in [0.29, 0.717) is 6.04 Å². The zero-order chi connectivity index (χ0) is 23.3. The summed E-state index contributed by atoms with van der Waals surface area (Å²) in [5.41, 5.74) is 2.49. The summed E-state index contributed by atoms with van der Waals surface area (Å²) < 4.78 is 27.3. The average molecular weight is 442 g/mol. The predicted octanol–water partition coefficient (Wildman–Crippen LogP) is 6.92. The van der Waals surface area contributed by atoms with Gasteiger partial charge in [0.25, 0.3) is 0 Å². The van der Waals surface area contributed by atoms with E-state index in [1.54, 1.807) is 18.5 Å². The van der Waals surface area contributed by atoms with Crippen LogP contribution in [0.1, 0.15) is 70.8 Å². The summed E-state index contributed by atoms with van der Waals surface area (Å²) in [6.45, 7) is 9.76. The fourth-order valence-corrected chi connectivity index (χ4v) is 4.07. The maximum Gasteiger partial charge on any atom is 0.159 e. The van der Waals surface area contributed by atoms with Crippen molar-refractivity contribution in [3.8, 4) is 0 Å². The number of hydrogen-bond acceptors (Lipinski definition) is 3. The van der Waals surface area contributed by atoms with E-state index >= 15 is 0 Å². The Labute approximate surface area is 192 Å². The first kappa shape index (κ1) is 25.7. The Morgan fingerprint density at radius 2 is 1.94 bits per heavy atom. The van der Waals surface area contributed by atoms with E-state index in [9.17, 15) is 8.78 Å². The van der Waals surface area contributed by atoms with E-state index in [2.05, 4.69) is 30.2 Å². The van der Waals surface area contributed by atoms with Gasteiger partial charge in [-0.15, -0.1) is 0 Å². The molecule has 1 aromatic carbocycles. The highest BCUT2D eigenvalue weighted by Gasteiger charge is 2.16. The van der Waals surface area contributed by atoms with Crippen LogP contribution < -0.4 is 10.6 Å². The molecule has 0 bridgehead atoms. The molecular formula is C27H37F2N3. The van der Waals surface area contributed by atoms with E-state index in [1.165, 1.54) is 44.2 Å². The van der Waals surface area contributed by atoms with Gasteiger partial charge in [-0.2, -0.15) is 0 Å². The summed E-state index contributed by atoms with van der Waals surface area (Å²) in [5, 5.41) is 6.63. The van der Waals surface area contributed by atoms with Crippen molar-refractivity contribution in [2.45, 2.75) is 77.4 Å². The standard InChI is InChI=1S/C27H37F2N3/c1-5-11-27(32-20(4)31-24-12-9-8-10-13-24)23(16-17-30-7-3)18-21(6-2)22-14-15-25(28)26(29)19-22/h5,7,11,14-21,24,30-31H,3,6,8-10,12-13H2,1-2,4H3/b11-5-,17-16-,23-18+,32-27-. The SMILES string of the molecule is C=CN\C=C/C(=C\C(CC)c1ccc(F)c(F)c1)C(/C=C\C)=N\C(C)NC1CCCCC1. The quantitative estimate of drug-likeness (QED) is 0.289. The molecule has 174 valence electrons. The third-order valence-corrected chi connectivity index (χ3v) is 5.70. The highest BCUT2D eigenvalue weighted by atomic mass is 19.2. The van der Waals surface area contributed by atoms with Gasteiger partial charge in [-0.25, -0.2) is 8.78 Å². The molecule has 2 atom stereocenters. The van der Waals surface area contributed by atoms with Gasteiger partial charge in [-0.3, -0.25) is 10.3 Å². The molecule has 1 aromatic rings. The monoisotopic (exact) mass is 441 g/mol. The summed E-state index contributed by atoms with van der Waals surface area (Å²) >= 11 is 0. The molecule has 1 aliphatic rings. The van der Waals surface area contributed by atoms with Crippen molar-refractivity contribution in [2.24, 2.45) is 4.99 Å². The van der Waals surface area contributed by atoms with Crippen LogP contribution in [0.25, 0.3) is 0 Å². The molecule has 0 heterocycles. The summed E-state index contributed by atoms with van der Waals surface area (Å²) in [5.74, 6) is -1.74. The molecule has 2 rings (SSSR count). The van der Waals surface area contributed by atoms with Crippen molar-refractivity contribution in [3.63, 3.8) is 0 Å². The number of aliphatic imine (C=N–C) groups is 1. The minimum absolute atomic E-state index is 0.0307. The molecule has 2 N–H and O–H groups in total. The zero-order valence-corrected chi connectivity index (χ0v) is 19.6. The number of rotatable bonds is 11. The lowest BCUT2D eigenvalue weighted by Crippen LogP contribution is -2.37. The second-order valence-corrected chi connectivity index (χ2v) is 8.21. The number of hydrogen-bond donors (Lipinski definition) is 2. The summed E-state index contributed by atoms with van der Waals surface area (Å²) in [6, 6.07) is 4.62. The van der Waals surface area contributed by atoms with Crippen molar-refractivity contribution in [3.05, 3.63) is 84.3 Å². The molecule has 2 unspecified atom stereocenters. The molecule has 1 aliphatic carbocycles. The number of halogens is 2. The third kappa shape index (κ3) is 8.19. The van der Waals surface area contributed by atoms with Crippen LogP contribution in [0.4, 0.5) is 8.78 Å². The van der Waals surface area contributed by atoms with Crippen LogP contribution in [0, 0.1) is 11.6 Å². The zero-order valence-electron chi connectivity index (χ0n) is 19.6. The molecule has 0 aromatic heterocycles. The van der Waals surface area contributed by atoms with Gasteiger partial charge in [-0.1, -0.05) is 51.0 Å². The summed E-state index contributed by atoms with van der Waals surface area (Å²) in [4.78, 5) is 4.96. The Bertz CT molecular complexity index is 848. The van der Waals surface area contributed by atoms with Crippen molar-refractivity contribution in [2.75, 3.05) is 0 Å². The van der Waals surface area contributed by atoms with E-state index < -0.39 is 11.6 Å². The van der Waals surface area contributed by atoms with E-state index in [1.807, 2.05) is 32.1 Å². The first-order valence-electron chi connectivity index (χ1n) is 11.7. The van der Waals surface area contributed by atoms with Gasteiger partial charge >= 0.3 is 0 Å². The second kappa shape index (κ2) is 13.8. The fourth-order valence-electron chi connectivity index (χ4n) is 4.07. The molecule has 0 amide bonds. The Hall–Kier alpha value is -2.53. The van der Waals surface area contributed by atoms with E-state index in [4.69, 9.17) is 4.99 Å². The van der Waals surface area contributed by atoms with Crippen LogP contribution in [-0.2, 0) is 0 Å². The maximum absolute atomic E-state index is 13.9. The molecule has 1 fully saturated rings. The lowest BCUT2D eigenvalue weighted by molar-refractivity contribution is 0.348. The Kier molecular flexibility index (Phi) is 11.1. The Morgan fingerprint density at radius 3 is 2.56 bits per heavy atom. The van der Waals surface area contributed by atoms with Gasteiger partial charge in [0.05, 0.1) is 11.9 Å². The Morgan fingerprint density at radius 1 is 1.19 bits per heavy atom.